The van der Waals surface area contributed by atoms with Gasteiger partial charge in [0.1, 0.15) is 5.75 Å². The van der Waals surface area contributed by atoms with E-state index >= 15 is 0 Å². The number of ether oxygens (including phenoxy) is 1. The quantitative estimate of drug-likeness (QED) is 0.869. The number of ketones is 1. The lowest BCUT2D eigenvalue weighted by Gasteiger charge is -2.22. The van der Waals surface area contributed by atoms with E-state index in [1.54, 1.807) is 18.2 Å². The number of hydrogen-bond acceptors (Lipinski definition) is 3. The Morgan fingerprint density at radius 1 is 1.53 bits per heavy atom. The molecule has 0 aromatic heterocycles. The van der Waals surface area contributed by atoms with Gasteiger partial charge in [-0.05, 0) is 17.7 Å². The molecule has 4 heteroatoms. The van der Waals surface area contributed by atoms with E-state index in [4.69, 9.17) is 9.84 Å². The minimum atomic E-state index is -0.885. The first kappa shape index (κ1) is 11.6. The molecule has 1 N–H and O–H groups in total. The van der Waals surface area contributed by atoms with Crippen LogP contribution >= 0.6 is 0 Å². The van der Waals surface area contributed by atoms with Crippen molar-refractivity contribution in [1.82, 2.24) is 0 Å². The van der Waals surface area contributed by atoms with Crippen molar-refractivity contribution in [2.75, 3.05) is 7.11 Å². The number of aliphatic carboxylic acids is 1. The average molecular weight is 234 g/mol. The van der Waals surface area contributed by atoms with Gasteiger partial charge >= 0.3 is 5.97 Å². The second-order valence-corrected chi connectivity index (χ2v) is 4.64. The molecule has 1 aromatic carbocycles. The predicted molar refractivity (Wildman–Crippen MR) is 61.5 cm³/mol. The molecule has 0 heterocycles. The van der Waals surface area contributed by atoms with Gasteiger partial charge in [0, 0.05) is 17.4 Å². The number of hydrogen-bond donors (Lipinski definition) is 1. The first-order chi connectivity index (χ1) is 7.96. The van der Waals surface area contributed by atoms with Crippen LogP contribution in [0.15, 0.2) is 18.2 Å². The van der Waals surface area contributed by atoms with Crippen LogP contribution in [0.2, 0.25) is 0 Å². The highest BCUT2D eigenvalue weighted by atomic mass is 16.5. The number of fused-ring (bicyclic) bond motifs is 1. The summed E-state index contributed by atoms with van der Waals surface area (Å²) in [7, 11) is 1.54. The Hall–Kier alpha value is -1.84. The maximum atomic E-state index is 11.9. The fourth-order valence-corrected chi connectivity index (χ4v) is 2.44. The van der Waals surface area contributed by atoms with Crippen LogP contribution in [-0.4, -0.2) is 24.0 Å². The van der Waals surface area contributed by atoms with Gasteiger partial charge in [-0.3, -0.25) is 9.59 Å². The molecule has 2 rings (SSSR count). The zero-order chi connectivity index (χ0) is 12.6. The Labute approximate surface area is 99.2 Å². The summed E-state index contributed by atoms with van der Waals surface area (Å²) in [6.45, 7) is 1.82. The van der Waals surface area contributed by atoms with Crippen molar-refractivity contribution in [3.05, 3.63) is 29.3 Å². The monoisotopic (exact) mass is 234 g/mol. The molecule has 4 nitrogen and oxygen atoms in total. The third-order valence-electron chi connectivity index (χ3n) is 3.27. The van der Waals surface area contributed by atoms with Gasteiger partial charge in [0.15, 0.2) is 5.78 Å². The molecular weight excluding hydrogens is 220 g/mol. The van der Waals surface area contributed by atoms with Crippen LogP contribution in [0.4, 0.5) is 0 Å². The Kier molecular flexibility index (Phi) is 2.65. The van der Waals surface area contributed by atoms with Gasteiger partial charge in [0.05, 0.1) is 13.5 Å². The average Bonchev–Trinajstić information content (AvgIpc) is 2.49. The first-order valence-electron chi connectivity index (χ1n) is 5.40. The molecule has 1 aliphatic rings. The van der Waals surface area contributed by atoms with Crippen LogP contribution in [0, 0.1) is 0 Å². The van der Waals surface area contributed by atoms with Gasteiger partial charge in [-0.2, -0.15) is 0 Å². The van der Waals surface area contributed by atoms with Crippen LogP contribution in [0.3, 0.4) is 0 Å². The van der Waals surface area contributed by atoms with Gasteiger partial charge in [-0.25, -0.2) is 0 Å². The molecule has 0 fully saturated rings. The standard InChI is InChI=1S/C13H14O4/c1-13(7-12(15)16)6-11(14)9-5-8(17-2)3-4-10(9)13/h3-5H,6-7H2,1-2H3,(H,15,16). The predicted octanol–water partition coefficient (Wildman–Crippen LogP) is 2.01. The Bertz CT molecular complexity index is 492. The van der Waals surface area contributed by atoms with E-state index in [1.807, 2.05) is 6.92 Å². The number of carboxylic acids is 1. The van der Waals surface area contributed by atoms with E-state index in [9.17, 15) is 9.59 Å². The summed E-state index contributed by atoms with van der Waals surface area (Å²) in [5.41, 5.74) is 0.809. The van der Waals surface area contributed by atoms with Crippen molar-refractivity contribution in [2.45, 2.75) is 25.2 Å². The lowest BCUT2D eigenvalue weighted by Crippen LogP contribution is -2.23. The maximum Gasteiger partial charge on any atom is 0.304 e. The van der Waals surface area contributed by atoms with Gasteiger partial charge in [-0.15, -0.1) is 0 Å². The molecule has 90 valence electrons. The van der Waals surface area contributed by atoms with Crippen molar-refractivity contribution >= 4 is 11.8 Å². The zero-order valence-corrected chi connectivity index (χ0v) is 9.82. The number of carbonyl (C=O) groups excluding carboxylic acids is 1. The molecule has 1 aromatic rings. The van der Waals surface area contributed by atoms with Gasteiger partial charge in [-0.1, -0.05) is 13.0 Å². The number of rotatable bonds is 3. The van der Waals surface area contributed by atoms with Crippen LogP contribution in [-0.2, 0) is 10.2 Å². The molecule has 0 saturated carbocycles. The summed E-state index contributed by atoms with van der Waals surface area (Å²) < 4.78 is 5.07. The summed E-state index contributed by atoms with van der Waals surface area (Å²) in [6.07, 6.45) is 0.222. The minimum Gasteiger partial charge on any atom is -0.497 e. The Morgan fingerprint density at radius 3 is 2.82 bits per heavy atom. The van der Waals surface area contributed by atoms with E-state index in [1.165, 1.54) is 7.11 Å². The number of methoxy groups -OCH3 is 1. The lowest BCUT2D eigenvalue weighted by molar-refractivity contribution is -0.138. The summed E-state index contributed by atoms with van der Waals surface area (Å²) >= 11 is 0. The van der Waals surface area contributed by atoms with Gasteiger partial charge in [0.25, 0.3) is 0 Å². The largest absolute Gasteiger partial charge is 0.497 e. The molecule has 0 saturated heterocycles. The fourth-order valence-electron chi connectivity index (χ4n) is 2.44. The molecule has 1 atom stereocenters. The topological polar surface area (TPSA) is 63.6 Å². The third-order valence-corrected chi connectivity index (χ3v) is 3.27. The van der Waals surface area contributed by atoms with Gasteiger partial charge < -0.3 is 9.84 Å². The van der Waals surface area contributed by atoms with E-state index < -0.39 is 11.4 Å². The Balaban J connectivity index is 2.47. The molecule has 0 radical (unpaired) electrons. The van der Waals surface area contributed by atoms with Crippen LogP contribution in [0.5, 0.6) is 5.75 Å². The maximum absolute atomic E-state index is 11.9. The van der Waals surface area contributed by atoms with E-state index in [2.05, 4.69) is 0 Å². The summed E-state index contributed by atoms with van der Waals surface area (Å²) in [6, 6.07) is 5.24. The summed E-state index contributed by atoms with van der Waals surface area (Å²) in [5.74, 6) is -0.275. The van der Waals surface area contributed by atoms with Crippen molar-refractivity contribution in [1.29, 1.82) is 0 Å². The number of benzene rings is 1. The Morgan fingerprint density at radius 2 is 2.24 bits per heavy atom. The highest BCUT2D eigenvalue weighted by molar-refractivity contribution is 6.03. The van der Waals surface area contributed by atoms with E-state index in [0.29, 0.717) is 11.3 Å². The second kappa shape index (κ2) is 3.87. The smallest absolute Gasteiger partial charge is 0.304 e. The zero-order valence-electron chi connectivity index (χ0n) is 9.82. The first-order valence-corrected chi connectivity index (χ1v) is 5.40. The molecular formula is C13H14O4. The summed E-state index contributed by atoms with van der Waals surface area (Å²) in [4.78, 5) is 22.7. The minimum absolute atomic E-state index is 0.0114. The van der Waals surface area contributed by atoms with Crippen LogP contribution in [0.1, 0.15) is 35.7 Å². The van der Waals surface area contributed by atoms with Crippen molar-refractivity contribution in [2.24, 2.45) is 0 Å². The molecule has 0 aliphatic heterocycles. The molecule has 0 bridgehead atoms. The van der Waals surface area contributed by atoms with Crippen molar-refractivity contribution < 1.29 is 19.4 Å². The van der Waals surface area contributed by atoms with Gasteiger partial charge in [0.2, 0.25) is 0 Å². The number of carbonyl (C=O) groups is 2. The molecule has 17 heavy (non-hydrogen) atoms. The van der Waals surface area contributed by atoms with Crippen molar-refractivity contribution in [3.63, 3.8) is 0 Å². The SMILES string of the molecule is COc1ccc2c(c1)C(=O)CC2(C)CC(=O)O. The van der Waals surface area contributed by atoms with Crippen LogP contribution < -0.4 is 4.74 Å². The molecule has 0 spiro atoms. The molecule has 1 unspecified atom stereocenters. The number of Topliss-reactive ketones (excluding diaryl/α,β-unsaturated/α-hetero) is 1. The number of carboxylic acid groups (broad SMARTS) is 1. The normalized spacial score (nSPS) is 22.4. The van der Waals surface area contributed by atoms with Crippen LogP contribution in [0.25, 0.3) is 0 Å². The van der Waals surface area contributed by atoms with E-state index in [0.717, 1.165) is 5.56 Å². The van der Waals surface area contributed by atoms with Crippen molar-refractivity contribution in [3.8, 4) is 5.75 Å². The third kappa shape index (κ3) is 1.90. The fraction of sp³-hybridized carbons (Fsp3) is 0.385. The molecule has 1 aliphatic carbocycles. The highest BCUT2D eigenvalue weighted by Gasteiger charge is 2.41. The van der Waals surface area contributed by atoms with E-state index in [-0.39, 0.29) is 18.6 Å². The second-order valence-electron chi connectivity index (χ2n) is 4.64. The summed E-state index contributed by atoms with van der Waals surface area (Å²) in [5, 5.41) is 8.92. The lowest BCUT2D eigenvalue weighted by atomic mass is 9.81. The highest BCUT2D eigenvalue weighted by Crippen LogP contribution is 2.42. The molecule has 0 amide bonds.